The number of aryl methyl sites for hydroxylation is 1. The van der Waals surface area contributed by atoms with E-state index in [1.165, 1.54) is 0 Å². The van der Waals surface area contributed by atoms with E-state index in [9.17, 15) is 4.79 Å². The molecule has 0 spiro atoms. The highest BCUT2D eigenvalue weighted by molar-refractivity contribution is 6.30. The van der Waals surface area contributed by atoms with E-state index in [1.807, 2.05) is 32.0 Å². The van der Waals surface area contributed by atoms with Crippen LogP contribution in [0.2, 0.25) is 5.02 Å². The molecule has 0 aromatic heterocycles. The van der Waals surface area contributed by atoms with E-state index in [-0.39, 0.29) is 5.91 Å². The second-order valence-corrected chi connectivity index (χ2v) is 5.21. The Kier molecular flexibility index (Phi) is 4.30. The highest BCUT2D eigenvalue weighted by Crippen LogP contribution is 2.17. The van der Waals surface area contributed by atoms with Crippen LogP contribution in [0.4, 0.5) is 5.69 Å². The van der Waals surface area contributed by atoms with Crippen molar-refractivity contribution in [1.29, 1.82) is 0 Å². The predicted molar refractivity (Wildman–Crippen MR) is 83.0 cm³/mol. The fourth-order valence-electron chi connectivity index (χ4n) is 2.05. The van der Waals surface area contributed by atoms with Crippen molar-refractivity contribution in [3.63, 3.8) is 0 Å². The van der Waals surface area contributed by atoms with Crippen LogP contribution in [-0.4, -0.2) is 5.91 Å². The van der Waals surface area contributed by atoms with Gasteiger partial charge in [-0.15, -0.1) is 0 Å². The van der Waals surface area contributed by atoms with Gasteiger partial charge in [-0.05, 0) is 54.8 Å². The molecule has 0 saturated carbocycles. The third-order valence-corrected chi connectivity index (χ3v) is 3.60. The van der Waals surface area contributed by atoms with E-state index in [0.29, 0.717) is 17.1 Å². The number of halogens is 1. The van der Waals surface area contributed by atoms with Gasteiger partial charge in [0, 0.05) is 22.8 Å². The first-order chi connectivity index (χ1) is 9.49. The number of hydrogen-bond acceptors (Lipinski definition) is 2. The molecule has 0 bridgehead atoms. The zero-order valence-corrected chi connectivity index (χ0v) is 12.3. The molecule has 20 heavy (non-hydrogen) atoms. The molecule has 0 unspecified atom stereocenters. The summed E-state index contributed by atoms with van der Waals surface area (Å²) in [6.07, 6.45) is 0. The normalized spacial score (nSPS) is 10.3. The fourth-order valence-corrected chi connectivity index (χ4v) is 2.27. The second kappa shape index (κ2) is 5.97. The minimum atomic E-state index is -0.110. The molecule has 0 saturated heterocycles. The number of nitrogens with one attached hydrogen (secondary N) is 1. The first-order valence-electron chi connectivity index (χ1n) is 6.37. The van der Waals surface area contributed by atoms with Gasteiger partial charge in [0.05, 0.1) is 0 Å². The Balaban J connectivity index is 2.11. The van der Waals surface area contributed by atoms with E-state index in [2.05, 4.69) is 5.32 Å². The van der Waals surface area contributed by atoms with E-state index < -0.39 is 0 Å². The van der Waals surface area contributed by atoms with Crippen LogP contribution in [0, 0.1) is 13.8 Å². The second-order valence-electron chi connectivity index (χ2n) is 4.77. The Bertz CT molecular complexity index is 653. The monoisotopic (exact) mass is 288 g/mol. The summed E-state index contributed by atoms with van der Waals surface area (Å²) < 4.78 is 0. The van der Waals surface area contributed by atoms with Crippen LogP contribution in [0.3, 0.4) is 0 Å². The summed E-state index contributed by atoms with van der Waals surface area (Å²) >= 11 is 5.89. The zero-order chi connectivity index (χ0) is 14.7. The van der Waals surface area contributed by atoms with Crippen LogP contribution in [0.1, 0.15) is 27.0 Å². The molecule has 104 valence electrons. The summed E-state index contributed by atoms with van der Waals surface area (Å²) in [7, 11) is 0. The maximum absolute atomic E-state index is 12.2. The van der Waals surface area contributed by atoms with E-state index in [4.69, 9.17) is 17.3 Å². The number of carbonyl (C=O) groups is 1. The summed E-state index contributed by atoms with van der Waals surface area (Å²) in [4.78, 5) is 12.2. The lowest BCUT2D eigenvalue weighted by Gasteiger charge is -2.11. The van der Waals surface area contributed by atoms with Gasteiger partial charge in [-0.25, -0.2) is 0 Å². The topological polar surface area (TPSA) is 55.1 Å². The molecular formula is C16H17ClN2O. The number of nitrogens with two attached hydrogens (primary N) is 1. The van der Waals surface area contributed by atoms with Gasteiger partial charge >= 0.3 is 0 Å². The van der Waals surface area contributed by atoms with Gasteiger partial charge in [0.1, 0.15) is 0 Å². The maximum Gasteiger partial charge on any atom is 0.251 e. The van der Waals surface area contributed by atoms with Crippen molar-refractivity contribution in [2.24, 2.45) is 0 Å². The molecule has 0 heterocycles. The largest absolute Gasteiger partial charge is 0.399 e. The lowest BCUT2D eigenvalue weighted by Crippen LogP contribution is -2.24. The van der Waals surface area contributed by atoms with E-state index >= 15 is 0 Å². The molecule has 0 aliphatic carbocycles. The van der Waals surface area contributed by atoms with Crippen LogP contribution in [0.25, 0.3) is 0 Å². The van der Waals surface area contributed by atoms with Gasteiger partial charge in [-0.2, -0.15) is 0 Å². The van der Waals surface area contributed by atoms with Crippen LogP contribution in [0.5, 0.6) is 0 Å². The number of anilines is 1. The summed E-state index contributed by atoms with van der Waals surface area (Å²) in [5.41, 5.74) is 10.1. The van der Waals surface area contributed by atoms with Crippen molar-refractivity contribution in [3.05, 3.63) is 63.7 Å². The summed E-state index contributed by atoms with van der Waals surface area (Å²) in [6.45, 7) is 4.27. The average Bonchev–Trinajstić information content (AvgIpc) is 2.40. The Morgan fingerprint density at radius 1 is 1.25 bits per heavy atom. The van der Waals surface area contributed by atoms with E-state index in [1.54, 1.807) is 18.2 Å². The van der Waals surface area contributed by atoms with Crippen molar-refractivity contribution < 1.29 is 4.79 Å². The smallest absolute Gasteiger partial charge is 0.251 e. The Hall–Kier alpha value is -2.00. The van der Waals surface area contributed by atoms with Crippen LogP contribution < -0.4 is 11.1 Å². The summed E-state index contributed by atoms with van der Waals surface area (Å²) in [5, 5.41) is 3.54. The molecule has 0 aliphatic heterocycles. The van der Waals surface area contributed by atoms with Crippen LogP contribution in [0.15, 0.2) is 36.4 Å². The molecule has 2 aromatic carbocycles. The van der Waals surface area contributed by atoms with Crippen molar-refractivity contribution in [2.75, 3.05) is 5.73 Å². The number of carbonyl (C=O) groups excluding carboxylic acids is 1. The van der Waals surface area contributed by atoms with Gasteiger partial charge in [-0.3, -0.25) is 4.79 Å². The Morgan fingerprint density at radius 3 is 2.70 bits per heavy atom. The molecule has 2 rings (SSSR count). The molecule has 1 amide bonds. The van der Waals surface area contributed by atoms with Gasteiger partial charge in [-0.1, -0.05) is 23.7 Å². The number of rotatable bonds is 3. The quantitative estimate of drug-likeness (QED) is 0.850. The standard InChI is InChI=1S/C16H17ClN2O/c1-10-8-13(17)6-7-14(10)16(20)19-9-12-4-3-5-15(18)11(12)2/h3-8H,9,18H2,1-2H3,(H,19,20). The van der Waals surface area contributed by atoms with Crippen molar-refractivity contribution >= 4 is 23.2 Å². The molecule has 0 aliphatic rings. The fraction of sp³-hybridized carbons (Fsp3) is 0.188. The number of benzene rings is 2. The average molecular weight is 289 g/mol. The number of amides is 1. The minimum Gasteiger partial charge on any atom is -0.399 e. The molecule has 3 N–H and O–H groups in total. The lowest BCUT2D eigenvalue weighted by molar-refractivity contribution is 0.0950. The number of nitrogen functional groups attached to an aromatic ring is 1. The Labute approximate surface area is 123 Å². The molecule has 0 fully saturated rings. The molecule has 2 aromatic rings. The summed E-state index contributed by atoms with van der Waals surface area (Å²) in [6, 6.07) is 10.9. The lowest BCUT2D eigenvalue weighted by atomic mass is 10.1. The van der Waals surface area contributed by atoms with Crippen LogP contribution >= 0.6 is 11.6 Å². The number of hydrogen-bond donors (Lipinski definition) is 2. The van der Waals surface area contributed by atoms with Gasteiger partial charge < -0.3 is 11.1 Å². The Morgan fingerprint density at radius 2 is 2.00 bits per heavy atom. The van der Waals surface area contributed by atoms with Crippen molar-refractivity contribution in [1.82, 2.24) is 5.32 Å². The SMILES string of the molecule is Cc1cc(Cl)ccc1C(=O)NCc1cccc(N)c1C. The predicted octanol–water partition coefficient (Wildman–Crippen LogP) is 3.47. The molecular weight excluding hydrogens is 272 g/mol. The zero-order valence-electron chi connectivity index (χ0n) is 11.5. The van der Waals surface area contributed by atoms with Crippen molar-refractivity contribution in [3.8, 4) is 0 Å². The highest BCUT2D eigenvalue weighted by atomic mass is 35.5. The summed E-state index contributed by atoms with van der Waals surface area (Å²) in [5.74, 6) is -0.110. The molecule has 0 radical (unpaired) electrons. The third kappa shape index (κ3) is 3.11. The first kappa shape index (κ1) is 14.4. The highest BCUT2D eigenvalue weighted by Gasteiger charge is 2.10. The van der Waals surface area contributed by atoms with Gasteiger partial charge in [0.25, 0.3) is 5.91 Å². The molecule has 3 nitrogen and oxygen atoms in total. The molecule has 4 heteroatoms. The minimum absolute atomic E-state index is 0.110. The van der Waals surface area contributed by atoms with Crippen molar-refractivity contribution in [2.45, 2.75) is 20.4 Å². The van der Waals surface area contributed by atoms with E-state index in [0.717, 1.165) is 22.4 Å². The maximum atomic E-state index is 12.2. The van der Waals surface area contributed by atoms with Crippen LogP contribution in [-0.2, 0) is 6.54 Å². The van der Waals surface area contributed by atoms with Gasteiger partial charge in [0.15, 0.2) is 0 Å². The first-order valence-corrected chi connectivity index (χ1v) is 6.75. The van der Waals surface area contributed by atoms with Gasteiger partial charge in [0.2, 0.25) is 0 Å². The third-order valence-electron chi connectivity index (χ3n) is 3.36. The molecule has 0 atom stereocenters.